The third-order valence-corrected chi connectivity index (χ3v) is 4.27. The molecule has 2 aliphatic carbocycles. The van der Waals surface area contributed by atoms with E-state index in [9.17, 15) is 4.79 Å². The highest BCUT2D eigenvalue weighted by molar-refractivity contribution is 5.80. The van der Waals surface area contributed by atoms with Gasteiger partial charge in [0.25, 0.3) is 0 Å². The smallest absolute Gasteiger partial charge is 0.225 e. The number of nitrogens with two attached hydrogens (primary N) is 1. The minimum Gasteiger partial charge on any atom is -0.353 e. The molecule has 3 heteroatoms. The highest BCUT2D eigenvalue weighted by Crippen LogP contribution is 2.32. The van der Waals surface area contributed by atoms with E-state index in [4.69, 9.17) is 5.73 Å². The Morgan fingerprint density at radius 3 is 2.44 bits per heavy atom. The molecule has 0 heterocycles. The van der Waals surface area contributed by atoms with Crippen molar-refractivity contribution >= 4 is 5.91 Å². The molecular formula is C13H24N2O. The molecular weight excluding hydrogens is 200 g/mol. The molecule has 92 valence electrons. The van der Waals surface area contributed by atoms with Crippen LogP contribution in [0.1, 0.15) is 58.3 Å². The predicted octanol–water partition coefficient (Wildman–Crippen LogP) is 1.95. The number of rotatable bonds is 2. The van der Waals surface area contributed by atoms with Gasteiger partial charge in [0, 0.05) is 11.6 Å². The minimum absolute atomic E-state index is 0.0295. The topological polar surface area (TPSA) is 55.1 Å². The lowest BCUT2D eigenvalue weighted by Crippen LogP contribution is -2.54. The first-order chi connectivity index (χ1) is 7.59. The quantitative estimate of drug-likeness (QED) is 0.753. The molecule has 0 bridgehead atoms. The predicted molar refractivity (Wildman–Crippen MR) is 64.9 cm³/mol. The van der Waals surface area contributed by atoms with Crippen LogP contribution in [0.15, 0.2) is 0 Å². The molecule has 0 aliphatic heterocycles. The SMILES string of the molecule is CC1(N)CCCCC1C(=O)NC1CCCC1. The monoisotopic (exact) mass is 224 g/mol. The second-order valence-corrected chi connectivity index (χ2v) is 5.79. The van der Waals surface area contributed by atoms with Gasteiger partial charge in [-0.3, -0.25) is 4.79 Å². The van der Waals surface area contributed by atoms with Gasteiger partial charge < -0.3 is 11.1 Å². The van der Waals surface area contributed by atoms with Crippen LogP contribution >= 0.6 is 0 Å². The summed E-state index contributed by atoms with van der Waals surface area (Å²) in [6, 6.07) is 0.422. The molecule has 0 radical (unpaired) electrons. The van der Waals surface area contributed by atoms with Gasteiger partial charge in [-0.2, -0.15) is 0 Å². The van der Waals surface area contributed by atoms with E-state index in [0.29, 0.717) is 6.04 Å². The fraction of sp³-hybridized carbons (Fsp3) is 0.923. The summed E-state index contributed by atoms with van der Waals surface area (Å²) < 4.78 is 0. The van der Waals surface area contributed by atoms with E-state index in [2.05, 4.69) is 5.32 Å². The summed E-state index contributed by atoms with van der Waals surface area (Å²) in [5.41, 5.74) is 5.95. The molecule has 0 saturated heterocycles. The largest absolute Gasteiger partial charge is 0.353 e. The van der Waals surface area contributed by atoms with Crippen LogP contribution in [0.2, 0.25) is 0 Å². The Kier molecular flexibility index (Phi) is 3.53. The van der Waals surface area contributed by atoms with E-state index in [0.717, 1.165) is 32.1 Å². The second-order valence-electron chi connectivity index (χ2n) is 5.79. The van der Waals surface area contributed by atoms with E-state index < -0.39 is 0 Å². The Morgan fingerprint density at radius 2 is 1.81 bits per heavy atom. The maximum atomic E-state index is 12.2. The molecule has 2 aliphatic rings. The lowest BCUT2D eigenvalue weighted by molar-refractivity contribution is -0.128. The summed E-state index contributed by atoms with van der Waals surface area (Å²) in [6.45, 7) is 2.03. The van der Waals surface area contributed by atoms with Crippen LogP contribution in [-0.2, 0) is 4.79 Å². The van der Waals surface area contributed by atoms with Crippen LogP contribution < -0.4 is 11.1 Å². The van der Waals surface area contributed by atoms with Crippen molar-refractivity contribution in [2.24, 2.45) is 11.7 Å². The van der Waals surface area contributed by atoms with Gasteiger partial charge in [0.2, 0.25) is 5.91 Å². The van der Waals surface area contributed by atoms with E-state index in [1.807, 2.05) is 6.92 Å². The Labute approximate surface area is 98.2 Å². The number of amides is 1. The molecule has 0 spiro atoms. The minimum atomic E-state index is -0.291. The highest BCUT2D eigenvalue weighted by Gasteiger charge is 2.38. The summed E-state index contributed by atoms with van der Waals surface area (Å²) in [7, 11) is 0. The Hall–Kier alpha value is -0.570. The fourth-order valence-corrected chi connectivity index (χ4v) is 3.16. The van der Waals surface area contributed by atoms with Crippen molar-refractivity contribution in [1.29, 1.82) is 0 Å². The van der Waals surface area contributed by atoms with Crippen LogP contribution in [0.3, 0.4) is 0 Å². The summed E-state index contributed by atoms with van der Waals surface area (Å²) >= 11 is 0. The highest BCUT2D eigenvalue weighted by atomic mass is 16.2. The first-order valence-electron chi connectivity index (χ1n) is 6.69. The number of hydrogen-bond donors (Lipinski definition) is 2. The number of hydrogen-bond acceptors (Lipinski definition) is 2. The maximum Gasteiger partial charge on any atom is 0.225 e. The molecule has 0 aromatic heterocycles. The molecule has 2 fully saturated rings. The molecule has 2 unspecified atom stereocenters. The van der Waals surface area contributed by atoms with Crippen LogP contribution in [0.5, 0.6) is 0 Å². The van der Waals surface area contributed by atoms with Crippen molar-refractivity contribution < 1.29 is 4.79 Å². The first-order valence-corrected chi connectivity index (χ1v) is 6.69. The normalized spacial score (nSPS) is 36.2. The van der Waals surface area contributed by atoms with Crippen molar-refractivity contribution in [2.75, 3.05) is 0 Å². The standard InChI is InChI=1S/C13H24N2O/c1-13(14)9-5-4-8-11(13)12(16)15-10-6-2-3-7-10/h10-11H,2-9,14H2,1H3,(H,15,16). The summed E-state index contributed by atoms with van der Waals surface area (Å²) in [6.07, 6.45) is 9.08. The van der Waals surface area contributed by atoms with Gasteiger partial charge in [0.1, 0.15) is 0 Å². The van der Waals surface area contributed by atoms with Gasteiger partial charge in [-0.15, -0.1) is 0 Å². The second kappa shape index (κ2) is 4.74. The maximum absolute atomic E-state index is 12.2. The van der Waals surface area contributed by atoms with Gasteiger partial charge in [-0.05, 0) is 32.6 Å². The first kappa shape index (κ1) is 11.9. The lowest BCUT2D eigenvalue weighted by Gasteiger charge is -2.37. The molecule has 2 atom stereocenters. The van der Waals surface area contributed by atoms with E-state index in [1.54, 1.807) is 0 Å². The van der Waals surface area contributed by atoms with Gasteiger partial charge in [0.15, 0.2) is 0 Å². The van der Waals surface area contributed by atoms with Crippen LogP contribution in [0.4, 0.5) is 0 Å². The molecule has 3 nitrogen and oxygen atoms in total. The molecule has 0 aromatic carbocycles. The number of nitrogens with one attached hydrogen (secondary N) is 1. The third-order valence-electron chi connectivity index (χ3n) is 4.27. The van der Waals surface area contributed by atoms with Gasteiger partial charge >= 0.3 is 0 Å². The van der Waals surface area contributed by atoms with Crippen molar-refractivity contribution in [1.82, 2.24) is 5.32 Å². The zero-order chi connectivity index (χ0) is 11.6. The molecule has 16 heavy (non-hydrogen) atoms. The van der Waals surface area contributed by atoms with E-state index in [-0.39, 0.29) is 17.4 Å². The van der Waals surface area contributed by atoms with Crippen LogP contribution in [0.25, 0.3) is 0 Å². The number of carbonyl (C=O) groups is 1. The van der Waals surface area contributed by atoms with Crippen LogP contribution in [-0.4, -0.2) is 17.5 Å². The Balaban J connectivity index is 1.91. The molecule has 2 saturated carbocycles. The summed E-state index contributed by atoms with van der Waals surface area (Å²) in [4.78, 5) is 12.2. The Morgan fingerprint density at radius 1 is 1.19 bits per heavy atom. The zero-order valence-corrected chi connectivity index (χ0v) is 10.3. The summed E-state index contributed by atoms with van der Waals surface area (Å²) in [5, 5.41) is 3.19. The summed E-state index contributed by atoms with van der Waals surface area (Å²) in [5.74, 6) is 0.235. The number of carbonyl (C=O) groups excluding carboxylic acids is 1. The van der Waals surface area contributed by atoms with E-state index in [1.165, 1.54) is 19.3 Å². The van der Waals surface area contributed by atoms with Gasteiger partial charge in [-0.25, -0.2) is 0 Å². The van der Waals surface area contributed by atoms with Gasteiger partial charge in [-0.1, -0.05) is 25.7 Å². The molecule has 0 aromatic rings. The van der Waals surface area contributed by atoms with Crippen molar-refractivity contribution in [3.8, 4) is 0 Å². The average Bonchev–Trinajstić information content (AvgIpc) is 2.69. The van der Waals surface area contributed by atoms with Crippen molar-refractivity contribution in [3.63, 3.8) is 0 Å². The molecule has 1 amide bonds. The van der Waals surface area contributed by atoms with Crippen molar-refractivity contribution in [2.45, 2.75) is 69.9 Å². The average molecular weight is 224 g/mol. The zero-order valence-electron chi connectivity index (χ0n) is 10.3. The molecule has 3 N–H and O–H groups in total. The lowest BCUT2D eigenvalue weighted by atomic mass is 9.74. The Bertz CT molecular complexity index is 257. The fourth-order valence-electron chi connectivity index (χ4n) is 3.16. The van der Waals surface area contributed by atoms with Crippen molar-refractivity contribution in [3.05, 3.63) is 0 Å². The third kappa shape index (κ3) is 2.57. The van der Waals surface area contributed by atoms with Gasteiger partial charge in [0.05, 0.1) is 5.92 Å². The van der Waals surface area contributed by atoms with Crippen LogP contribution in [0, 0.1) is 5.92 Å². The molecule has 2 rings (SSSR count). The van der Waals surface area contributed by atoms with E-state index >= 15 is 0 Å².